The van der Waals surface area contributed by atoms with E-state index in [4.69, 9.17) is 25.2 Å². The van der Waals surface area contributed by atoms with E-state index in [-0.39, 0.29) is 0 Å². The van der Waals surface area contributed by atoms with Crippen LogP contribution in [-0.2, 0) is 31.6 Å². The molecular formula is C9H12F2N3O12P3. The van der Waals surface area contributed by atoms with Gasteiger partial charge in [-0.3, -0.25) is 9.09 Å². The maximum Gasteiger partial charge on any atom is 0.490 e. The maximum absolute atomic E-state index is 14.0. The van der Waals surface area contributed by atoms with Gasteiger partial charge in [-0.25, -0.2) is 27.3 Å². The number of halogens is 2. The van der Waals surface area contributed by atoms with Crippen molar-refractivity contribution in [2.45, 2.75) is 12.3 Å². The lowest BCUT2D eigenvalue weighted by Gasteiger charge is -2.19. The highest BCUT2D eigenvalue weighted by Gasteiger charge is 2.41. The zero-order chi connectivity index (χ0) is 22.2. The van der Waals surface area contributed by atoms with Crippen LogP contribution in [0.2, 0.25) is 0 Å². The highest BCUT2D eigenvalue weighted by Crippen LogP contribution is 2.66. The molecule has 0 aromatic carbocycles. The van der Waals surface area contributed by atoms with Gasteiger partial charge in [0.25, 0.3) is 0 Å². The number of phosphoric ester groups is 1. The molecule has 0 fully saturated rings. The van der Waals surface area contributed by atoms with Crippen molar-refractivity contribution in [1.82, 2.24) is 9.55 Å². The lowest BCUT2D eigenvalue weighted by atomic mass is 10.3. The Morgan fingerprint density at radius 2 is 1.79 bits per heavy atom. The van der Waals surface area contributed by atoms with Crippen LogP contribution in [0, 0.1) is 5.82 Å². The van der Waals surface area contributed by atoms with Crippen LogP contribution in [-0.4, -0.2) is 41.8 Å². The summed E-state index contributed by atoms with van der Waals surface area (Å²) in [7, 11) is -16.7. The minimum atomic E-state index is -5.72. The van der Waals surface area contributed by atoms with Gasteiger partial charge in [0, 0.05) is 0 Å². The van der Waals surface area contributed by atoms with Crippen LogP contribution < -0.4 is 11.4 Å². The molecule has 29 heavy (non-hydrogen) atoms. The van der Waals surface area contributed by atoms with Crippen molar-refractivity contribution in [1.29, 1.82) is 0 Å². The topological polar surface area (TPSA) is 230 Å². The summed E-state index contributed by atoms with van der Waals surface area (Å²) in [5.41, 5.74) is 3.92. The minimum absolute atomic E-state index is 0.391. The maximum atomic E-state index is 14.0. The molecule has 1 aliphatic rings. The molecule has 0 saturated carbocycles. The SMILES string of the molecule is Nc1nc(=O)n([C@@H]2O[C@H](COP(=O)(O)OP(=O)(O)OP(=O)(O)O)C=C2F)cc1F. The van der Waals surface area contributed by atoms with E-state index < -0.39 is 65.6 Å². The van der Waals surface area contributed by atoms with Crippen molar-refractivity contribution >= 4 is 29.3 Å². The monoisotopic (exact) mass is 485 g/mol. The van der Waals surface area contributed by atoms with Crippen molar-refractivity contribution in [3.63, 3.8) is 0 Å². The number of nitrogen functional groups attached to an aromatic ring is 1. The Bertz CT molecular complexity index is 1020. The summed E-state index contributed by atoms with van der Waals surface area (Å²) >= 11 is 0. The molecule has 0 radical (unpaired) electrons. The molecule has 4 atom stereocenters. The third kappa shape index (κ3) is 6.84. The van der Waals surface area contributed by atoms with E-state index in [9.17, 15) is 32.2 Å². The van der Waals surface area contributed by atoms with E-state index in [0.717, 1.165) is 0 Å². The minimum Gasteiger partial charge on any atom is -0.381 e. The van der Waals surface area contributed by atoms with Crippen molar-refractivity contribution in [2.24, 2.45) is 0 Å². The average molecular weight is 485 g/mol. The Morgan fingerprint density at radius 3 is 2.38 bits per heavy atom. The normalized spacial score (nSPS) is 24.0. The third-order valence-corrected chi connectivity index (χ3v) is 6.69. The molecule has 0 spiro atoms. The van der Waals surface area contributed by atoms with Gasteiger partial charge in [0.1, 0.15) is 11.9 Å². The summed E-state index contributed by atoms with van der Waals surface area (Å²) < 4.78 is 77.3. The second-order valence-electron chi connectivity index (χ2n) is 5.13. The quantitative estimate of drug-likeness (QED) is 0.307. The van der Waals surface area contributed by atoms with Gasteiger partial charge in [-0.15, -0.1) is 0 Å². The molecule has 0 aliphatic carbocycles. The number of phosphoric acid groups is 3. The first kappa shape index (κ1) is 23.9. The summed E-state index contributed by atoms with van der Waals surface area (Å²) in [6.07, 6.45) is -2.12. The fraction of sp³-hybridized carbons (Fsp3) is 0.333. The molecular weight excluding hydrogens is 473 g/mol. The number of nitrogens with zero attached hydrogens (tertiary/aromatic N) is 2. The van der Waals surface area contributed by atoms with E-state index in [1.54, 1.807) is 0 Å². The molecule has 15 nitrogen and oxygen atoms in total. The summed E-state index contributed by atoms with van der Waals surface area (Å²) in [6.45, 7) is -1.01. The number of aromatic nitrogens is 2. The predicted octanol–water partition coefficient (Wildman–Crippen LogP) is 0.0587. The van der Waals surface area contributed by atoms with Crippen LogP contribution in [0.25, 0.3) is 0 Å². The van der Waals surface area contributed by atoms with Crippen molar-refractivity contribution in [3.05, 3.63) is 34.4 Å². The van der Waals surface area contributed by atoms with Gasteiger partial charge in [-0.05, 0) is 6.08 Å². The largest absolute Gasteiger partial charge is 0.490 e. The molecule has 2 rings (SSSR count). The molecule has 0 saturated heterocycles. The lowest BCUT2D eigenvalue weighted by Crippen LogP contribution is -2.30. The van der Waals surface area contributed by atoms with Crippen LogP contribution in [0.4, 0.5) is 14.6 Å². The fourth-order valence-electron chi connectivity index (χ4n) is 1.91. The first-order chi connectivity index (χ1) is 13.1. The summed E-state index contributed by atoms with van der Waals surface area (Å²) in [6, 6.07) is 0. The number of rotatable bonds is 8. The van der Waals surface area contributed by atoms with Gasteiger partial charge in [-0.1, -0.05) is 0 Å². The van der Waals surface area contributed by atoms with E-state index in [1.807, 2.05) is 0 Å². The number of anilines is 1. The molecule has 6 N–H and O–H groups in total. The first-order valence-electron chi connectivity index (χ1n) is 6.94. The van der Waals surface area contributed by atoms with E-state index in [0.29, 0.717) is 16.8 Å². The molecule has 164 valence electrons. The third-order valence-electron chi connectivity index (χ3n) is 2.89. The highest BCUT2D eigenvalue weighted by molar-refractivity contribution is 7.66. The standard InChI is InChI=1S/C9H12F2N3O12P3/c10-5-1-4(24-8(5)14-2-6(11)7(12)13-9(14)15)3-23-28(19,20)26-29(21,22)25-27(16,17)18/h1-2,4,8H,3H2,(H,19,20)(H,21,22)(H2,12,13,15)(H2,16,17,18)/t4-,8+/m0/s1. The Kier molecular flexibility index (Phi) is 6.94. The number of hydrogen-bond donors (Lipinski definition) is 5. The lowest BCUT2D eigenvalue weighted by molar-refractivity contribution is -0.0215. The molecule has 1 aromatic heterocycles. The summed E-state index contributed by atoms with van der Waals surface area (Å²) in [5.74, 6) is -3.03. The summed E-state index contributed by atoms with van der Waals surface area (Å²) in [4.78, 5) is 49.9. The van der Waals surface area contributed by atoms with Gasteiger partial charge < -0.3 is 30.0 Å². The molecule has 0 amide bonds. The molecule has 1 aliphatic heterocycles. The van der Waals surface area contributed by atoms with Crippen LogP contribution in [0.15, 0.2) is 22.9 Å². The number of ether oxygens (including phenoxy) is 1. The van der Waals surface area contributed by atoms with Crippen LogP contribution >= 0.6 is 23.5 Å². The highest BCUT2D eigenvalue weighted by atomic mass is 31.3. The van der Waals surface area contributed by atoms with Crippen LogP contribution in [0.1, 0.15) is 6.23 Å². The Hall–Kier alpha value is -1.35. The van der Waals surface area contributed by atoms with Gasteiger partial charge in [-0.2, -0.15) is 13.6 Å². The number of hydrogen-bond acceptors (Lipinski definition) is 10. The smallest absolute Gasteiger partial charge is 0.381 e. The van der Waals surface area contributed by atoms with Crippen molar-refractivity contribution in [2.75, 3.05) is 12.3 Å². The van der Waals surface area contributed by atoms with E-state index in [1.165, 1.54) is 0 Å². The van der Waals surface area contributed by atoms with Crippen LogP contribution in [0.5, 0.6) is 0 Å². The Labute approximate surface area is 158 Å². The first-order valence-corrected chi connectivity index (χ1v) is 11.5. The zero-order valence-electron chi connectivity index (χ0n) is 13.6. The molecule has 2 heterocycles. The fourth-order valence-corrected chi connectivity index (χ4v) is 4.94. The second kappa shape index (κ2) is 8.41. The van der Waals surface area contributed by atoms with Crippen molar-refractivity contribution < 1.29 is 59.9 Å². The van der Waals surface area contributed by atoms with Crippen molar-refractivity contribution in [3.8, 4) is 0 Å². The molecule has 0 bridgehead atoms. The second-order valence-corrected chi connectivity index (χ2v) is 9.55. The van der Waals surface area contributed by atoms with Gasteiger partial charge in [0.15, 0.2) is 17.9 Å². The molecule has 1 aromatic rings. The zero-order valence-corrected chi connectivity index (χ0v) is 16.3. The average Bonchev–Trinajstić information content (AvgIpc) is 2.86. The van der Waals surface area contributed by atoms with Crippen LogP contribution in [0.3, 0.4) is 0 Å². The number of nitrogens with two attached hydrogens (primary N) is 1. The van der Waals surface area contributed by atoms with E-state index >= 15 is 0 Å². The molecule has 2 unspecified atom stereocenters. The summed E-state index contributed by atoms with van der Waals surface area (Å²) in [5, 5.41) is 0. The van der Waals surface area contributed by atoms with E-state index in [2.05, 4.69) is 18.1 Å². The van der Waals surface area contributed by atoms with Gasteiger partial charge in [0.2, 0.25) is 0 Å². The van der Waals surface area contributed by atoms with Gasteiger partial charge in [0.05, 0.1) is 12.8 Å². The Balaban J connectivity index is 2.03. The van der Waals surface area contributed by atoms with Gasteiger partial charge >= 0.3 is 29.2 Å². The molecule has 20 heteroatoms. The Morgan fingerprint density at radius 1 is 1.17 bits per heavy atom. The predicted molar refractivity (Wildman–Crippen MR) is 85.8 cm³/mol.